The van der Waals surface area contributed by atoms with E-state index in [0.29, 0.717) is 5.78 Å². The number of Topliss-reactive ketones (excluding diaryl/α,β-unsaturated/α-hetero) is 1. The van der Waals surface area contributed by atoms with Gasteiger partial charge in [0.25, 0.3) is 0 Å². The molecule has 0 atom stereocenters. The third-order valence-electron chi connectivity index (χ3n) is 5.17. The van der Waals surface area contributed by atoms with Crippen molar-refractivity contribution in [3.05, 3.63) is 0 Å². The standard InChI is InChI=1S/C22H44O/c1-5-7-9-11-13-15-17-19-21(23)22(3,4)20-18-16-14-12-10-8-6-2/h5-20H2,1-4H3. The second kappa shape index (κ2) is 15.2. The highest BCUT2D eigenvalue weighted by atomic mass is 16.1. The third kappa shape index (κ3) is 13.8. The van der Waals surface area contributed by atoms with Gasteiger partial charge in [-0.15, -0.1) is 0 Å². The maximum atomic E-state index is 12.4. The Bertz CT molecular complexity index is 267. The second-order valence-corrected chi connectivity index (χ2v) is 8.05. The Kier molecular flexibility index (Phi) is 15.0. The molecule has 0 amide bonds. The van der Waals surface area contributed by atoms with E-state index in [-0.39, 0.29) is 5.41 Å². The molecule has 0 saturated heterocycles. The number of carbonyl (C=O) groups excluding carboxylic acids is 1. The zero-order chi connectivity index (χ0) is 17.4. The number of hydrogen-bond donors (Lipinski definition) is 0. The molecule has 0 saturated carbocycles. The average Bonchev–Trinajstić information content (AvgIpc) is 2.53. The minimum Gasteiger partial charge on any atom is -0.299 e. The molecule has 0 N–H and O–H groups in total. The average molecular weight is 325 g/mol. The maximum Gasteiger partial charge on any atom is 0.138 e. The van der Waals surface area contributed by atoms with E-state index in [1.54, 1.807) is 0 Å². The van der Waals surface area contributed by atoms with E-state index in [2.05, 4.69) is 27.7 Å². The lowest BCUT2D eigenvalue weighted by molar-refractivity contribution is -0.127. The largest absolute Gasteiger partial charge is 0.299 e. The van der Waals surface area contributed by atoms with E-state index in [9.17, 15) is 4.79 Å². The summed E-state index contributed by atoms with van der Waals surface area (Å²) in [6.45, 7) is 8.84. The number of hydrogen-bond acceptors (Lipinski definition) is 1. The van der Waals surface area contributed by atoms with Crippen LogP contribution in [-0.2, 0) is 4.79 Å². The highest BCUT2D eigenvalue weighted by molar-refractivity contribution is 5.83. The van der Waals surface area contributed by atoms with Gasteiger partial charge in [-0.1, -0.05) is 111 Å². The normalized spacial score (nSPS) is 11.8. The summed E-state index contributed by atoms with van der Waals surface area (Å²) in [6.07, 6.45) is 20.3. The van der Waals surface area contributed by atoms with E-state index in [1.165, 1.54) is 83.5 Å². The molecule has 1 heteroatoms. The molecule has 0 radical (unpaired) electrons. The third-order valence-corrected chi connectivity index (χ3v) is 5.17. The van der Waals surface area contributed by atoms with Crippen molar-refractivity contribution in [2.24, 2.45) is 5.41 Å². The van der Waals surface area contributed by atoms with Gasteiger partial charge < -0.3 is 0 Å². The van der Waals surface area contributed by atoms with Crippen molar-refractivity contribution >= 4 is 5.78 Å². The number of rotatable bonds is 17. The molecular formula is C22H44O. The molecule has 0 fully saturated rings. The highest BCUT2D eigenvalue weighted by Gasteiger charge is 2.25. The summed E-state index contributed by atoms with van der Waals surface area (Å²) in [5.41, 5.74) is -0.0916. The van der Waals surface area contributed by atoms with Crippen LogP contribution in [0.1, 0.15) is 130 Å². The van der Waals surface area contributed by atoms with Gasteiger partial charge in [-0.3, -0.25) is 4.79 Å². The van der Waals surface area contributed by atoms with Crippen LogP contribution in [0, 0.1) is 5.41 Å². The summed E-state index contributed by atoms with van der Waals surface area (Å²) < 4.78 is 0. The highest BCUT2D eigenvalue weighted by Crippen LogP contribution is 2.27. The lowest BCUT2D eigenvalue weighted by atomic mass is 9.80. The molecule has 0 aromatic carbocycles. The quantitative estimate of drug-likeness (QED) is 0.249. The predicted molar refractivity (Wildman–Crippen MR) is 104 cm³/mol. The van der Waals surface area contributed by atoms with Crippen LogP contribution in [0.15, 0.2) is 0 Å². The summed E-state index contributed by atoms with van der Waals surface area (Å²) in [7, 11) is 0. The summed E-state index contributed by atoms with van der Waals surface area (Å²) in [5.74, 6) is 0.497. The monoisotopic (exact) mass is 324 g/mol. The second-order valence-electron chi connectivity index (χ2n) is 8.05. The Morgan fingerprint density at radius 1 is 0.609 bits per heavy atom. The minimum absolute atomic E-state index is 0.0916. The smallest absolute Gasteiger partial charge is 0.138 e. The molecule has 0 aromatic heterocycles. The van der Waals surface area contributed by atoms with Gasteiger partial charge in [0.2, 0.25) is 0 Å². The van der Waals surface area contributed by atoms with Crippen molar-refractivity contribution in [2.45, 2.75) is 130 Å². The Morgan fingerprint density at radius 3 is 1.48 bits per heavy atom. The predicted octanol–water partition coefficient (Wildman–Crippen LogP) is 7.86. The van der Waals surface area contributed by atoms with Gasteiger partial charge in [-0.25, -0.2) is 0 Å². The summed E-state index contributed by atoms with van der Waals surface area (Å²) in [4.78, 5) is 12.4. The minimum atomic E-state index is -0.0916. The molecule has 0 aliphatic heterocycles. The van der Waals surface area contributed by atoms with Crippen molar-refractivity contribution in [2.75, 3.05) is 0 Å². The van der Waals surface area contributed by atoms with Crippen molar-refractivity contribution in [3.8, 4) is 0 Å². The van der Waals surface area contributed by atoms with Gasteiger partial charge in [-0.2, -0.15) is 0 Å². The fourth-order valence-corrected chi connectivity index (χ4v) is 3.24. The summed E-state index contributed by atoms with van der Waals surface area (Å²) >= 11 is 0. The van der Waals surface area contributed by atoms with Gasteiger partial charge in [-0.05, 0) is 12.8 Å². The van der Waals surface area contributed by atoms with E-state index in [0.717, 1.165) is 19.3 Å². The zero-order valence-electron chi connectivity index (χ0n) is 16.7. The lowest BCUT2D eigenvalue weighted by Gasteiger charge is -2.23. The van der Waals surface area contributed by atoms with Crippen LogP contribution in [0.4, 0.5) is 0 Å². The first-order valence-electron chi connectivity index (χ1n) is 10.6. The Balaban J connectivity index is 3.59. The summed E-state index contributed by atoms with van der Waals surface area (Å²) in [6, 6.07) is 0. The molecule has 23 heavy (non-hydrogen) atoms. The van der Waals surface area contributed by atoms with Gasteiger partial charge in [0, 0.05) is 11.8 Å². The van der Waals surface area contributed by atoms with Crippen molar-refractivity contribution in [1.82, 2.24) is 0 Å². The number of unbranched alkanes of at least 4 members (excludes halogenated alkanes) is 12. The first-order chi connectivity index (χ1) is 11.0. The fraction of sp³-hybridized carbons (Fsp3) is 0.955. The topological polar surface area (TPSA) is 17.1 Å². The van der Waals surface area contributed by atoms with Crippen LogP contribution < -0.4 is 0 Å². The molecule has 0 bridgehead atoms. The van der Waals surface area contributed by atoms with E-state index in [1.807, 2.05) is 0 Å². The van der Waals surface area contributed by atoms with Crippen LogP contribution in [0.5, 0.6) is 0 Å². The molecule has 0 aromatic rings. The molecule has 0 aliphatic rings. The van der Waals surface area contributed by atoms with Crippen LogP contribution in [-0.4, -0.2) is 5.78 Å². The fourth-order valence-electron chi connectivity index (χ4n) is 3.24. The maximum absolute atomic E-state index is 12.4. The number of ketones is 1. The van der Waals surface area contributed by atoms with Crippen LogP contribution in [0.25, 0.3) is 0 Å². The number of carbonyl (C=O) groups is 1. The summed E-state index contributed by atoms with van der Waals surface area (Å²) in [5, 5.41) is 0. The molecule has 0 rings (SSSR count). The van der Waals surface area contributed by atoms with Crippen molar-refractivity contribution < 1.29 is 4.79 Å². The molecule has 0 heterocycles. The molecule has 0 aliphatic carbocycles. The molecule has 0 spiro atoms. The molecule has 138 valence electrons. The van der Waals surface area contributed by atoms with Gasteiger partial charge in [0.05, 0.1) is 0 Å². The Labute approximate surface area is 147 Å². The molecule has 1 nitrogen and oxygen atoms in total. The van der Waals surface area contributed by atoms with Gasteiger partial charge >= 0.3 is 0 Å². The van der Waals surface area contributed by atoms with Crippen LogP contribution in [0.3, 0.4) is 0 Å². The van der Waals surface area contributed by atoms with E-state index in [4.69, 9.17) is 0 Å². The van der Waals surface area contributed by atoms with Gasteiger partial charge in [0.15, 0.2) is 0 Å². The first-order valence-corrected chi connectivity index (χ1v) is 10.6. The Hall–Kier alpha value is -0.330. The van der Waals surface area contributed by atoms with Crippen LogP contribution in [0.2, 0.25) is 0 Å². The van der Waals surface area contributed by atoms with Crippen molar-refractivity contribution in [1.29, 1.82) is 0 Å². The van der Waals surface area contributed by atoms with E-state index >= 15 is 0 Å². The van der Waals surface area contributed by atoms with Gasteiger partial charge in [0.1, 0.15) is 5.78 Å². The Morgan fingerprint density at radius 2 is 1.00 bits per heavy atom. The van der Waals surface area contributed by atoms with Crippen molar-refractivity contribution in [3.63, 3.8) is 0 Å². The zero-order valence-corrected chi connectivity index (χ0v) is 16.7. The lowest BCUT2D eigenvalue weighted by Crippen LogP contribution is -2.24. The van der Waals surface area contributed by atoms with Crippen LogP contribution >= 0.6 is 0 Å². The van der Waals surface area contributed by atoms with E-state index < -0.39 is 0 Å². The SMILES string of the molecule is CCCCCCCCCC(=O)C(C)(C)CCCCCCCCC. The molecular weight excluding hydrogens is 280 g/mol. The first kappa shape index (κ1) is 22.7. The molecule has 0 unspecified atom stereocenters.